The Balaban J connectivity index is 1.89. The zero-order valence-corrected chi connectivity index (χ0v) is 12.7. The van der Waals surface area contributed by atoms with E-state index >= 15 is 0 Å². The molecular weight excluding hydrogens is 280 g/mol. The van der Waals surface area contributed by atoms with E-state index in [1.54, 1.807) is 13.2 Å². The first-order valence-corrected chi connectivity index (χ1v) is 8.32. The Morgan fingerprint density at radius 1 is 1.45 bits per heavy atom. The third-order valence-electron chi connectivity index (χ3n) is 3.35. The average molecular weight is 302 g/mol. The van der Waals surface area contributed by atoms with E-state index < -0.39 is 10.0 Å². The van der Waals surface area contributed by atoms with Gasteiger partial charge in [-0.25, -0.2) is 13.1 Å². The van der Waals surface area contributed by atoms with Crippen molar-refractivity contribution in [2.75, 3.05) is 20.3 Å². The average Bonchev–Trinajstić information content (AvgIpc) is 3.13. The summed E-state index contributed by atoms with van der Waals surface area (Å²) in [7, 11) is -1.92. The van der Waals surface area contributed by atoms with E-state index in [1.807, 2.05) is 6.92 Å². The molecule has 1 fully saturated rings. The summed E-state index contributed by atoms with van der Waals surface area (Å²) in [5.74, 6) is 1.07. The van der Waals surface area contributed by atoms with E-state index in [0.29, 0.717) is 31.4 Å². The van der Waals surface area contributed by atoms with Crippen molar-refractivity contribution in [2.24, 2.45) is 5.92 Å². The SMILES string of the molecule is COCCNCc1ccc(S(=O)(=O)NC(C)C2CC2)o1. The van der Waals surface area contributed by atoms with Crippen LogP contribution in [0.5, 0.6) is 0 Å². The van der Waals surface area contributed by atoms with E-state index in [0.717, 1.165) is 12.8 Å². The minimum Gasteiger partial charge on any atom is -0.447 e. The van der Waals surface area contributed by atoms with E-state index in [1.165, 1.54) is 6.07 Å². The van der Waals surface area contributed by atoms with E-state index in [4.69, 9.17) is 9.15 Å². The zero-order chi connectivity index (χ0) is 14.6. The van der Waals surface area contributed by atoms with Crippen LogP contribution in [-0.4, -0.2) is 34.7 Å². The minimum absolute atomic E-state index is 0.0199. The topological polar surface area (TPSA) is 80.6 Å². The summed E-state index contributed by atoms with van der Waals surface area (Å²) in [6.07, 6.45) is 2.19. The Hall–Kier alpha value is -0.890. The normalized spacial score (nSPS) is 17.3. The molecule has 6 nitrogen and oxygen atoms in total. The summed E-state index contributed by atoms with van der Waals surface area (Å²) in [6.45, 7) is 3.67. The molecule has 1 aliphatic carbocycles. The molecule has 2 rings (SSSR count). The molecule has 20 heavy (non-hydrogen) atoms. The van der Waals surface area contributed by atoms with Gasteiger partial charge in [0.05, 0.1) is 13.2 Å². The van der Waals surface area contributed by atoms with Gasteiger partial charge in [-0.1, -0.05) is 0 Å². The summed E-state index contributed by atoms with van der Waals surface area (Å²) in [5, 5.41) is 3.08. The second-order valence-corrected chi connectivity index (χ2v) is 6.78. The lowest BCUT2D eigenvalue weighted by atomic mass is 10.2. The number of sulfonamides is 1. The lowest BCUT2D eigenvalue weighted by Crippen LogP contribution is -2.33. The van der Waals surface area contributed by atoms with Gasteiger partial charge in [-0.15, -0.1) is 0 Å². The maximum Gasteiger partial charge on any atom is 0.274 e. The lowest BCUT2D eigenvalue weighted by Gasteiger charge is -2.11. The van der Waals surface area contributed by atoms with Crippen LogP contribution in [0, 0.1) is 5.92 Å². The molecule has 0 bridgehead atoms. The van der Waals surface area contributed by atoms with Crippen molar-refractivity contribution in [3.05, 3.63) is 17.9 Å². The van der Waals surface area contributed by atoms with Crippen molar-refractivity contribution in [3.63, 3.8) is 0 Å². The summed E-state index contributed by atoms with van der Waals surface area (Å²) in [5.41, 5.74) is 0. The predicted molar refractivity (Wildman–Crippen MR) is 74.8 cm³/mol. The Labute approximate surface area is 119 Å². The molecular formula is C13H22N2O4S. The van der Waals surface area contributed by atoms with Crippen molar-refractivity contribution in [3.8, 4) is 0 Å². The molecule has 1 aromatic rings. The third kappa shape index (κ3) is 4.31. The summed E-state index contributed by atoms with van der Waals surface area (Å²) in [4.78, 5) is 0. The largest absolute Gasteiger partial charge is 0.447 e. The van der Waals surface area contributed by atoms with Crippen LogP contribution in [0.3, 0.4) is 0 Å². The van der Waals surface area contributed by atoms with Gasteiger partial charge in [-0.05, 0) is 37.8 Å². The molecule has 0 spiro atoms. The molecule has 0 amide bonds. The first-order chi connectivity index (χ1) is 9.53. The summed E-state index contributed by atoms with van der Waals surface area (Å²) in [6, 6.07) is 3.14. The molecule has 0 aliphatic heterocycles. The van der Waals surface area contributed by atoms with E-state index in [2.05, 4.69) is 10.0 Å². The van der Waals surface area contributed by atoms with E-state index in [9.17, 15) is 8.42 Å². The molecule has 0 saturated heterocycles. The molecule has 1 heterocycles. The van der Waals surface area contributed by atoms with Crippen LogP contribution in [0.15, 0.2) is 21.6 Å². The van der Waals surface area contributed by atoms with Gasteiger partial charge < -0.3 is 14.5 Å². The number of ether oxygens (including phenoxy) is 1. The summed E-state index contributed by atoms with van der Waals surface area (Å²) < 4.78 is 37.2. The Kier molecular flexibility index (Phi) is 5.20. The first-order valence-electron chi connectivity index (χ1n) is 6.83. The standard InChI is InChI=1S/C13H22N2O4S/c1-10(11-3-4-11)15-20(16,17)13-6-5-12(19-13)9-14-7-8-18-2/h5-6,10-11,14-15H,3-4,7-9H2,1-2H3. The van der Waals surface area contributed by atoms with Crippen molar-refractivity contribution < 1.29 is 17.6 Å². The number of nitrogens with one attached hydrogen (secondary N) is 2. The van der Waals surface area contributed by atoms with Crippen LogP contribution in [0.1, 0.15) is 25.5 Å². The quantitative estimate of drug-likeness (QED) is 0.668. The summed E-state index contributed by atoms with van der Waals surface area (Å²) >= 11 is 0. The third-order valence-corrected chi connectivity index (χ3v) is 4.79. The Morgan fingerprint density at radius 3 is 2.85 bits per heavy atom. The lowest BCUT2D eigenvalue weighted by molar-refractivity contribution is 0.198. The second-order valence-electron chi connectivity index (χ2n) is 5.14. The number of furan rings is 1. The van der Waals surface area contributed by atoms with Crippen molar-refractivity contribution in [1.29, 1.82) is 0 Å². The smallest absolute Gasteiger partial charge is 0.274 e. The molecule has 1 saturated carbocycles. The fourth-order valence-corrected chi connectivity index (χ4v) is 3.24. The molecule has 1 atom stereocenters. The van der Waals surface area contributed by atoms with Gasteiger partial charge in [0.2, 0.25) is 5.09 Å². The molecule has 0 aromatic carbocycles. The van der Waals surface area contributed by atoms with Crippen LogP contribution in [0.2, 0.25) is 0 Å². The maximum absolute atomic E-state index is 12.1. The fraction of sp³-hybridized carbons (Fsp3) is 0.692. The fourth-order valence-electron chi connectivity index (χ4n) is 1.98. The monoisotopic (exact) mass is 302 g/mol. The van der Waals surface area contributed by atoms with Crippen LogP contribution >= 0.6 is 0 Å². The van der Waals surface area contributed by atoms with Crippen LogP contribution in [0.25, 0.3) is 0 Å². The zero-order valence-electron chi connectivity index (χ0n) is 11.9. The maximum atomic E-state index is 12.1. The van der Waals surface area contributed by atoms with E-state index in [-0.39, 0.29) is 11.1 Å². The van der Waals surface area contributed by atoms with Gasteiger partial charge in [0.1, 0.15) is 5.76 Å². The van der Waals surface area contributed by atoms with Gasteiger partial charge in [0.25, 0.3) is 10.0 Å². The first kappa shape index (κ1) is 15.5. The van der Waals surface area contributed by atoms with Crippen molar-refractivity contribution in [1.82, 2.24) is 10.0 Å². The molecule has 114 valence electrons. The number of rotatable bonds is 9. The number of hydrogen-bond acceptors (Lipinski definition) is 5. The molecule has 1 aliphatic rings. The minimum atomic E-state index is -3.55. The highest BCUT2D eigenvalue weighted by Crippen LogP contribution is 2.33. The number of hydrogen-bond donors (Lipinski definition) is 2. The number of methoxy groups -OCH3 is 1. The van der Waals surface area contributed by atoms with Crippen LogP contribution in [0.4, 0.5) is 0 Å². The second kappa shape index (κ2) is 6.71. The van der Waals surface area contributed by atoms with Gasteiger partial charge in [0, 0.05) is 19.7 Å². The van der Waals surface area contributed by atoms with Gasteiger partial charge >= 0.3 is 0 Å². The Bertz CT molecular complexity index is 522. The molecule has 7 heteroatoms. The Morgan fingerprint density at radius 2 is 2.20 bits per heavy atom. The van der Waals surface area contributed by atoms with Gasteiger partial charge in [-0.2, -0.15) is 0 Å². The molecule has 2 N–H and O–H groups in total. The molecule has 1 aromatic heterocycles. The molecule has 0 radical (unpaired) electrons. The van der Waals surface area contributed by atoms with Crippen molar-refractivity contribution in [2.45, 2.75) is 37.4 Å². The van der Waals surface area contributed by atoms with Crippen LogP contribution < -0.4 is 10.0 Å². The highest BCUT2D eigenvalue weighted by molar-refractivity contribution is 7.89. The highest BCUT2D eigenvalue weighted by atomic mass is 32.2. The van der Waals surface area contributed by atoms with Gasteiger partial charge in [0.15, 0.2) is 0 Å². The predicted octanol–water partition coefficient (Wildman–Crippen LogP) is 1.09. The van der Waals surface area contributed by atoms with Crippen molar-refractivity contribution >= 4 is 10.0 Å². The van der Waals surface area contributed by atoms with Gasteiger partial charge in [-0.3, -0.25) is 0 Å². The molecule has 1 unspecified atom stereocenters. The van der Waals surface area contributed by atoms with Crippen LogP contribution in [-0.2, 0) is 21.3 Å². The highest BCUT2D eigenvalue weighted by Gasteiger charge is 2.32.